The second kappa shape index (κ2) is 7.85. The van der Waals surface area contributed by atoms with E-state index in [1.807, 2.05) is 30.3 Å². The molecule has 0 aliphatic rings. The molecule has 0 bridgehead atoms. The monoisotopic (exact) mass is 302 g/mol. The first kappa shape index (κ1) is 16.4. The molecule has 1 unspecified atom stereocenters. The molecule has 110 valence electrons. The van der Waals surface area contributed by atoms with Crippen molar-refractivity contribution in [3.8, 4) is 5.75 Å². The van der Waals surface area contributed by atoms with Gasteiger partial charge in [-0.15, -0.1) is 10.9 Å². The van der Waals surface area contributed by atoms with Crippen LogP contribution in [0, 0.1) is 0 Å². The Kier molecular flexibility index (Phi) is 6.45. The highest BCUT2D eigenvalue weighted by Crippen LogP contribution is 2.48. The highest BCUT2D eigenvalue weighted by molar-refractivity contribution is 8.17. The lowest BCUT2D eigenvalue weighted by Gasteiger charge is -2.19. The van der Waals surface area contributed by atoms with Crippen LogP contribution >= 0.6 is 10.9 Å². The van der Waals surface area contributed by atoms with Gasteiger partial charge in [0.1, 0.15) is 5.75 Å². The molecule has 0 aliphatic carbocycles. The topological polar surface area (TPSA) is 9.23 Å². The van der Waals surface area contributed by atoms with Gasteiger partial charge < -0.3 is 4.74 Å². The lowest BCUT2D eigenvalue weighted by atomic mass is 10.3. The van der Waals surface area contributed by atoms with Gasteiger partial charge in [-0.1, -0.05) is 48.5 Å². The minimum Gasteiger partial charge on any atom is -0.497 e. The van der Waals surface area contributed by atoms with Gasteiger partial charge in [0.15, 0.2) is 0 Å². The highest BCUT2D eigenvalue weighted by atomic mass is 32.2. The molecule has 1 nitrogen and oxygen atoms in total. The van der Waals surface area contributed by atoms with Crippen LogP contribution in [0.5, 0.6) is 5.75 Å². The van der Waals surface area contributed by atoms with Crippen LogP contribution in [0.15, 0.2) is 65.6 Å². The van der Waals surface area contributed by atoms with Crippen LogP contribution < -0.4 is 4.74 Å². The fraction of sp³-hybridized carbons (Fsp3) is 0.200. The molecule has 0 fully saturated rings. The molecule has 2 rings (SSSR count). The van der Waals surface area contributed by atoms with Crippen LogP contribution in [0.25, 0.3) is 0 Å². The Labute approximate surface area is 119 Å². The Balaban J connectivity index is 0.000000217. The lowest BCUT2D eigenvalue weighted by molar-refractivity contribution is -0.0350. The zero-order valence-electron chi connectivity index (χ0n) is 11.3. The summed E-state index contributed by atoms with van der Waals surface area (Å²) in [4.78, 5) is 0.375. The zero-order valence-corrected chi connectivity index (χ0v) is 12.2. The summed E-state index contributed by atoms with van der Waals surface area (Å²) in [5.74, 6) is 0.910. The molecule has 0 spiro atoms. The number of benzene rings is 2. The molecule has 5 heteroatoms. The summed E-state index contributed by atoms with van der Waals surface area (Å²) in [6, 6.07) is 17.7. The number of ether oxygens (including phenoxy) is 1. The largest absolute Gasteiger partial charge is 0.497 e. The van der Waals surface area contributed by atoms with E-state index < -0.39 is 16.4 Å². The molecule has 0 heterocycles. The molecule has 0 aromatic heterocycles. The van der Waals surface area contributed by atoms with Crippen LogP contribution in [-0.4, -0.2) is 18.9 Å². The molecule has 2 aromatic carbocycles. The molecule has 0 radical (unpaired) electrons. The molecule has 0 saturated carbocycles. The molecule has 0 N–H and O–H groups in total. The van der Waals surface area contributed by atoms with Crippen LogP contribution in [-0.2, 0) is 0 Å². The van der Waals surface area contributed by atoms with Crippen LogP contribution in [0.4, 0.5) is 13.2 Å². The zero-order chi connectivity index (χ0) is 15.0. The minimum absolute atomic E-state index is 0.375. The van der Waals surface area contributed by atoms with Crippen molar-refractivity contribution < 1.29 is 17.9 Å². The molecular formula is C15H17F3OS. The molecule has 0 aliphatic heterocycles. The van der Waals surface area contributed by atoms with E-state index in [0.29, 0.717) is 4.90 Å². The smallest absolute Gasteiger partial charge is 0.427 e. The Morgan fingerprint density at radius 2 is 1.30 bits per heavy atom. The number of methoxy groups -OCH3 is 1. The van der Waals surface area contributed by atoms with E-state index in [-0.39, 0.29) is 0 Å². The predicted molar refractivity (Wildman–Crippen MR) is 78.7 cm³/mol. The second-order valence-electron chi connectivity index (χ2n) is 3.88. The van der Waals surface area contributed by atoms with Gasteiger partial charge in [-0.3, -0.25) is 0 Å². The predicted octanol–water partition coefficient (Wildman–Crippen LogP) is 4.89. The van der Waals surface area contributed by atoms with E-state index in [2.05, 4.69) is 0 Å². The van der Waals surface area contributed by atoms with E-state index in [4.69, 9.17) is 4.74 Å². The fourth-order valence-electron chi connectivity index (χ4n) is 1.35. The molecule has 1 atom stereocenters. The fourth-order valence-corrected chi connectivity index (χ4v) is 2.27. The third-order valence-electron chi connectivity index (χ3n) is 2.50. The van der Waals surface area contributed by atoms with Gasteiger partial charge in [-0.2, -0.15) is 13.2 Å². The van der Waals surface area contributed by atoms with Crippen molar-refractivity contribution >= 4 is 10.9 Å². The lowest BCUT2D eigenvalue weighted by Crippen LogP contribution is -2.07. The van der Waals surface area contributed by atoms with E-state index in [1.165, 1.54) is 18.4 Å². The first-order chi connectivity index (χ1) is 9.45. The number of para-hydroxylation sites is 1. The van der Waals surface area contributed by atoms with Crippen molar-refractivity contribution in [3.05, 3.63) is 60.7 Å². The number of halogens is 3. The Morgan fingerprint density at radius 3 is 1.65 bits per heavy atom. The SMILES string of the molecule is COc1ccccc1.C[SH](c1ccccc1)C(F)(F)F. The van der Waals surface area contributed by atoms with Crippen molar-refractivity contribution in [3.63, 3.8) is 0 Å². The van der Waals surface area contributed by atoms with Crippen LogP contribution in [0.1, 0.15) is 0 Å². The van der Waals surface area contributed by atoms with Gasteiger partial charge >= 0.3 is 5.51 Å². The first-order valence-electron chi connectivity index (χ1n) is 5.90. The van der Waals surface area contributed by atoms with Crippen molar-refractivity contribution in [2.75, 3.05) is 13.4 Å². The standard InChI is InChI=1S/C8H9F3S.C7H8O/c1-12(8(9,10)11)7-5-3-2-4-6-7;1-8-7-5-3-2-4-6-7/h2-6,12H,1H3;2-6H,1H3. The van der Waals surface area contributed by atoms with Gasteiger partial charge in [-0.25, -0.2) is 0 Å². The summed E-state index contributed by atoms with van der Waals surface area (Å²) < 4.78 is 41.4. The summed E-state index contributed by atoms with van der Waals surface area (Å²) >= 11 is 0. The van der Waals surface area contributed by atoms with Crippen LogP contribution in [0.3, 0.4) is 0 Å². The number of hydrogen-bond acceptors (Lipinski definition) is 1. The van der Waals surface area contributed by atoms with Crippen LogP contribution in [0.2, 0.25) is 0 Å². The second-order valence-corrected chi connectivity index (χ2v) is 6.02. The maximum absolute atomic E-state index is 12.2. The van der Waals surface area contributed by atoms with Crippen molar-refractivity contribution in [2.24, 2.45) is 0 Å². The van der Waals surface area contributed by atoms with E-state index in [1.54, 1.807) is 25.3 Å². The van der Waals surface area contributed by atoms with Gasteiger partial charge in [0.25, 0.3) is 0 Å². The van der Waals surface area contributed by atoms with Gasteiger partial charge in [-0.05, 0) is 23.3 Å². The normalized spacial score (nSPS) is 12.9. The Morgan fingerprint density at radius 1 is 0.850 bits per heavy atom. The Hall–Kier alpha value is -1.62. The van der Waals surface area contributed by atoms with E-state index >= 15 is 0 Å². The maximum atomic E-state index is 12.2. The molecule has 20 heavy (non-hydrogen) atoms. The summed E-state index contributed by atoms with van der Waals surface area (Å²) in [5.41, 5.74) is -4.07. The molecule has 0 saturated heterocycles. The first-order valence-corrected chi connectivity index (χ1v) is 7.68. The molecular weight excluding hydrogens is 285 g/mol. The molecule has 0 amide bonds. The third kappa shape index (κ3) is 5.57. The number of hydrogen-bond donors (Lipinski definition) is 1. The summed E-state index contributed by atoms with van der Waals surface area (Å²) in [5, 5.41) is 0. The van der Waals surface area contributed by atoms with E-state index in [9.17, 15) is 13.2 Å². The highest BCUT2D eigenvalue weighted by Gasteiger charge is 2.33. The Bertz CT molecular complexity index is 485. The summed E-state index contributed by atoms with van der Waals surface area (Å²) in [6.07, 6.45) is 1.23. The quantitative estimate of drug-likeness (QED) is 0.777. The number of alkyl halides is 3. The maximum Gasteiger partial charge on any atom is 0.427 e. The minimum atomic E-state index is -4.07. The van der Waals surface area contributed by atoms with Gasteiger partial charge in [0.2, 0.25) is 0 Å². The average Bonchev–Trinajstić information content (AvgIpc) is 2.48. The third-order valence-corrected chi connectivity index (χ3v) is 4.34. The molecule has 2 aromatic rings. The van der Waals surface area contributed by atoms with Crippen molar-refractivity contribution in [1.82, 2.24) is 0 Å². The van der Waals surface area contributed by atoms with Crippen molar-refractivity contribution in [2.45, 2.75) is 10.4 Å². The average molecular weight is 302 g/mol. The van der Waals surface area contributed by atoms with Crippen molar-refractivity contribution in [1.29, 1.82) is 0 Å². The van der Waals surface area contributed by atoms with E-state index in [0.717, 1.165) is 5.75 Å². The van der Waals surface area contributed by atoms with Gasteiger partial charge in [0, 0.05) is 0 Å². The summed E-state index contributed by atoms with van der Waals surface area (Å²) in [7, 11) is -0.355. The number of rotatable bonds is 2. The van der Waals surface area contributed by atoms with Gasteiger partial charge in [0.05, 0.1) is 7.11 Å². The number of thiol groups is 1. The summed E-state index contributed by atoms with van der Waals surface area (Å²) in [6.45, 7) is 0.